The third-order valence-corrected chi connectivity index (χ3v) is 2.66. The molecule has 0 aliphatic rings. The molecule has 0 heterocycles. The Morgan fingerprint density at radius 2 is 2.00 bits per heavy atom. The van der Waals surface area contributed by atoms with Gasteiger partial charge in [0.15, 0.2) is 0 Å². The molecule has 3 heteroatoms. The van der Waals surface area contributed by atoms with Crippen LogP contribution in [0.4, 0.5) is 4.39 Å². The Morgan fingerprint density at radius 3 is 2.62 bits per heavy atom. The maximum absolute atomic E-state index is 13.5. The summed E-state index contributed by atoms with van der Waals surface area (Å²) in [6.07, 6.45) is 0.926. The lowest BCUT2D eigenvalue weighted by Crippen LogP contribution is -2.30. The Hall–Kier alpha value is -0.930. The van der Waals surface area contributed by atoms with Crippen molar-refractivity contribution in [3.8, 4) is 0 Å². The smallest absolute Gasteiger partial charge is 0.127 e. The van der Waals surface area contributed by atoms with E-state index in [0.717, 1.165) is 13.0 Å². The van der Waals surface area contributed by atoms with E-state index in [-0.39, 0.29) is 11.9 Å². The largest absolute Gasteiger partial charge is 0.385 e. The molecule has 90 valence electrons. The third-order valence-electron chi connectivity index (χ3n) is 2.66. The molecule has 0 fully saturated rings. The molecule has 0 aromatic heterocycles. The Bertz CT molecular complexity index is 317. The molecule has 1 unspecified atom stereocenters. The number of halogens is 1. The van der Waals surface area contributed by atoms with Gasteiger partial charge in [0.05, 0.1) is 0 Å². The predicted molar refractivity (Wildman–Crippen MR) is 63.9 cm³/mol. The minimum Gasteiger partial charge on any atom is -0.385 e. The summed E-state index contributed by atoms with van der Waals surface area (Å²) >= 11 is 0. The van der Waals surface area contributed by atoms with Gasteiger partial charge in [-0.1, -0.05) is 18.2 Å². The number of benzene rings is 1. The lowest BCUT2D eigenvalue weighted by molar-refractivity contribution is 0.183. The van der Waals surface area contributed by atoms with Gasteiger partial charge in [-0.2, -0.15) is 0 Å². The fourth-order valence-electron chi connectivity index (χ4n) is 1.72. The van der Waals surface area contributed by atoms with E-state index >= 15 is 0 Å². The second kappa shape index (κ2) is 6.61. The van der Waals surface area contributed by atoms with Crippen molar-refractivity contribution >= 4 is 0 Å². The Balaban J connectivity index is 2.52. The predicted octanol–water partition coefficient (Wildman–Crippen LogP) is 2.90. The molecule has 0 bridgehead atoms. The lowest BCUT2D eigenvalue weighted by Gasteiger charge is -2.20. The highest BCUT2D eigenvalue weighted by molar-refractivity contribution is 5.20. The van der Waals surface area contributed by atoms with E-state index in [2.05, 4.69) is 12.2 Å². The summed E-state index contributed by atoms with van der Waals surface area (Å²) in [5, 5.41) is 3.35. The van der Waals surface area contributed by atoms with Gasteiger partial charge in [-0.15, -0.1) is 0 Å². The van der Waals surface area contributed by atoms with Crippen molar-refractivity contribution in [2.24, 2.45) is 0 Å². The second-order valence-corrected chi connectivity index (χ2v) is 4.09. The van der Waals surface area contributed by atoms with Gasteiger partial charge >= 0.3 is 0 Å². The average Bonchev–Trinajstić information content (AvgIpc) is 2.26. The van der Waals surface area contributed by atoms with E-state index < -0.39 is 0 Å². The summed E-state index contributed by atoms with van der Waals surface area (Å²) in [4.78, 5) is 0. The third kappa shape index (κ3) is 3.91. The van der Waals surface area contributed by atoms with Gasteiger partial charge < -0.3 is 10.1 Å². The molecule has 1 aromatic carbocycles. The fraction of sp³-hybridized carbons (Fsp3) is 0.538. The first-order valence-electron chi connectivity index (χ1n) is 5.64. The second-order valence-electron chi connectivity index (χ2n) is 4.09. The zero-order chi connectivity index (χ0) is 12.0. The van der Waals surface area contributed by atoms with E-state index in [1.165, 1.54) is 6.07 Å². The molecular formula is C13H20FNO. The summed E-state index contributed by atoms with van der Waals surface area (Å²) in [6, 6.07) is 7.21. The number of hydrogen-bond donors (Lipinski definition) is 1. The number of methoxy groups -OCH3 is 1. The highest BCUT2D eigenvalue weighted by Crippen LogP contribution is 2.16. The van der Waals surface area contributed by atoms with Crippen LogP contribution in [0, 0.1) is 5.82 Å². The van der Waals surface area contributed by atoms with Gasteiger partial charge in [0.1, 0.15) is 5.82 Å². The molecule has 0 saturated heterocycles. The van der Waals surface area contributed by atoms with Crippen molar-refractivity contribution in [1.82, 2.24) is 5.32 Å². The van der Waals surface area contributed by atoms with Crippen LogP contribution in [0.2, 0.25) is 0 Å². The highest BCUT2D eigenvalue weighted by Gasteiger charge is 2.12. The van der Waals surface area contributed by atoms with Crippen molar-refractivity contribution < 1.29 is 9.13 Å². The maximum Gasteiger partial charge on any atom is 0.127 e. The first-order chi connectivity index (χ1) is 7.65. The van der Waals surface area contributed by atoms with Crippen molar-refractivity contribution in [2.75, 3.05) is 13.7 Å². The van der Waals surface area contributed by atoms with Gasteiger partial charge in [-0.25, -0.2) is 4.39 Å². The molecule has 1 aromatic rings. The van der Waals surface area contributed by atoms with Crippen molar-refractivity contribution in [3.05, 3.63) is 35.6 Å². The molecular weight excluding hydrogens is 205 g/mol. The van der Waals surface area contributed by atoms with Crippen LogP contribution in [0.15, 0.2) is 24.3 Å². The minimum atomic E-state index is -0.151. The van der Waals surface area contributed by atoms with Gasteiger partial charge in [-0.05, 0) is 26.3 Å². The van der Waals surface area contributed by atoms with Crippen LogP contribution in [0.3, 0.4) is 0 Å². The first kappa shape index (κ1) is 13.1. The van der Waals surface area contributed by atoms with E-state index in [1.54, 1.807) is 13.2 Å². The van der Waals surface area contributed by atoms with Gasteiger partial charge in [0, 0.05) is 31.4 Å². The molecule has 0 aliphatic carbocycles. The van der Waals surface area contributed by atoms with Crippen molar-refractivity contribution in [1.29, 1.82) is 0 Å². The minimum absolute atomic E-state index is 0.0213. The number of nitrogens with one attached hydrogen (secondary N) is 1. The molecule has 1 N–H and O–H groups in total. The maximum atomic E-state index is 13.5. The number of rotatable bonds is 6. The van der Waals surface area contributed by atoms with Crippen LogP contribution in [0.5, 0.6) is 0 Å². The van der Waals surface area contributed by atoms with E-state index in [0.29, 0.717) is 11.6 Å². The molecule has 0 radical (unpaired) electrons. The van der Waals surface area contributed by atoms with Crippen LogP contribution in [-0.2, 0) is 4.74 Å². The van der Waals surface area contributed by atoms with E-state index in [1.807, 2.05) is 19.1 Å². The summed E-state index contributed by atoms with van der Waals surface area (Å²) in [5.41, 5.74) is 0.715. The molecule has 0 amide bonds. The summed E-state index contributed by atoms with van der Waals surface area (Å²) in [6.45, 7) is 4.77. The van der Waals surface area contributed by atoms with Crippen LogP contribution >= 0.6 is 0 Å². The standard InChI is InChI=1S/C13H20FNO/c1-10(8-9-16-3)15-11(2)12-6-4-5-7-13(12)14/h4-7,10-11,15H,8-9H2,1-3H3/t10?,11-/m1/s1. The monoisotopic (exact) mass is 225 g/mol. The molecule has 2 atom stereocenters. The lowest BCUT2D eigenvalue weighted by atomic mass is 10.1. The Morgan fingerprint density at radius 1 is 1.31 bits per heavy atom. The van der Waals surface area contributed by atoms with Crippen LogP contribution in [-0.4, -0.2) is 19.8 Å². The van der Waals surface area contributed by atoms with Crippen LogP contribution < -0.4 is 5.32 Å². The summed E-state index contributed by atoms with van der Waals surface area (Å²) in [5.74, 6) is -0.151. The van der Waals surface area contributed by atoms with Crippen molar-refractivity contribution in [3.63, 3.8) is 0 Å². The zero-order valence-corrected chi connectivity index (χ0v) is 10.2. The molecule has 2 nitrogen and oxygen atoms in total. The molecule has 0 spiro atoms. The molecule has 0 aliphatic heterocycles. The highest BCUT2D eigenvalue weighted by atomic mass is 19.1. The van der Waals surface area contributed by atoms with Crippen LogP contribution in [0.1, 0.15) is 31.9 Å². The molecule has 1 rings (SSSR count). The number of hydrogen-bond acceptors (Lipinski definition) is 2. The SMILES string of the molecule is COCCC(C)N[C@H](C)c1ccccc1F. The molecule has 16 heavy (non-hydrogen) atoms. The quantitative estimate of drug-likeness (QED) is 0.803. The average molecular weight is 225 g/mol. The van der Waals surface area contributed by atoms with Crippen LogP contribution in [0.25, 0.3) is 0 Å². The molecule has 0 saturated carbocycles. The fourth-order valence-corrected chi connectivity index (χ4v) is 1.72. The van der Waals surface area contributed by atoms with Crippen molar-refractivity contribution in [2.45, 2.75) is 32.4 Å². The van der Waals surface area contributed by atoms with Gasteiger partial charge in [0.25, 0.3) is 0 Å². The van der Waals surface area contributed by atoms with E-state index in [9.17, 15) is 4.39 Å². The van der Waals surface area contributed by atoms with Gasteiger partial charge in [0.2, 0.25) is 0 Å². The normalized spacial score (nSPS) is 14.8. The topological polar surface area (TPSA) is 21.3 Å². The van der Waals surface area contributed by atoms with E-state index in [4.69, 9.17) is 4.74 Å². The zero-order valence-electron chi connectivity index (χ0n) is 10.2. The first-order valence-corrected chi connectivity index (χ1v) is 5.64. The number of ether oxygens (including phenoxy) is 1. The Kier molecular flexibility index (Phi) is 5.43. The Labute approximate surface area is 96.8 Å². The summed E-state index contributed by atoms with van der Waals surface area (Å²) < 4.78 is 18.5. The summed E-state index contributed by atoms with van der Waals surface area (Å²) in [7, 11) is 1.69. The van der Waals surface area contributed by atoms with Gasteiger partial charge in [-0.3, -0.25) is 0 Å².